The maximum atomic E-state index is 15.0. The Labute approximate surface area is 189 Å². The predicted molar refractivity (Wildman–Crippen MR) is 123 cm³/mol. The molecule has 4 aromatic rings. The van der Waals surface area contributed by atoms with E-state index in [2.05, 4.69) is 30.5 Å². The van der Waals surface area contributed by atoms with Gasteiger partial charge >= 0.3 is 0 Å². The van der Waals surface area contributed by atoms with Crippen LogP contribution in [0.15, 0.2) is 42.6 Å². The molecule has 0 atom stereocenters. The summed E-state index contributed by atoms with van der Waals surface area (Å²) in [6, 6.07) is 10.4. The number of hydrogen-bond donors (Lipinski definition) is 2. The lowest BCUT2D eigenvalue weighted by Gasteiger charge is -2.45. The Balaban J connectivity index is 0.00000137. The Morgan fingerprint density at radius 3 is 2.78 bits per heavy atom. The first-order chi connectivity index (χ1) is 15.5. The number of halogens is 3. The molecule has 166 valence electrons. The van der Waals surface area contributed by atoms with E-state index in [1.54, 1.807) is 12.1 Å². The van der Waals surface area contributed by atoms with Crippen LogP contribution in [0.3, 0.4) is 0 Å². The molecular formula is C22H22ClF2N7. The lowest BCUT2D eigenvalue weighted by Crippen LogP contribution is -2.60. The fourth-order valence-corrected chi connectivity index (χ4v) is 4.35. The minimum absolute atomic E-state index is 0. The van der Waals surface area contributed by atoms with Crippen LogP contribution in [0.5, 0.6) is 0 Å². The first-order valence-corrected chi connectivity index (χ1v) is 10.7. The Bertz CT molecular complexity index is 1340. The van der Waals surface area contributed by atoms with E-state index in [-0.39, 0.29) is 8.77 Å². The van der Waals surface area contributed by atoms with Crippen molar-refractivity contribution in [2.24, 2.45) is 5.92 Å². The van der Waals surface area contributed by atoms with E-state index in [9.17, 15) is 8.78 Å². The van der Waals surface area contributed by atoms with Crippen molar-refractivity contribution in [1.29, 1.82) is 0 Å². The largest absolute Gasteiger partial charge is 0.350 e. The third-order valence-corrected chi connectivity index (χ3v) is 6.33. The Hall–Kier alpha value is -3.33. The van der Waals surface area contributed by atoms with Crippen molar-refractivity contribution in [3.63, 3.8) is 0 Å². The van der Waals surface area contributed by atoms with Crippen LogP contribution in [-0.4, -0.2) is 43.9 Å². The van der Waals surface area contributed by atoms with Gasteiger partial charge in [-0.3, -0.25) is 5.10 Å². The molecule has 0 amide bonds. The quantitative estimate of drug-likeness (QED) is 0.418. The van der Waals surface area contributed by atoms with Gasteiger partial charge in [0.25, 0.3) is 0 Å². The molecule has 2 fully saturated rings. The van der Waals surface area contributed by atoms with Gasteiger partial charge in [-0.05, 0) is 37.0 Å². The summed E-state index contributed by atoms with van der Waals surface area (Å²) in [5.41, 5.74) is -0.106. The van der Waals surface area contributed by atoms with Gasteiger partial charge in [0, 0.05) is 14.5 Å². The molecule has 32 heavy (non-hydrogen) atoms. The summed E-state index contributed by atoms with van der Waals surface area (Å²) in [5, 5.41) is 11.1. The third kappa shape index (κ3) is 3.33. The monoisotopic (exact) mass is 457 g/mol. The minimum Gasteiger partial charge on any atom is -0.350 e. The number of aromatic nitrogens is 5. The van der Waals surface area contributed by atoms with E-state index >= 15 is 0 Å². The molecule has 0 radical (unpaired) electrons. The zero-order valence-electron chi connectivity index (χ0n) is 16.8. The zero-order valence-corrected chi connectivity index (χ0v) is 17.6. The second-order valence-electron chi connectivity index (χ2n) is 8.33. The smallest absolute Gasteiger partial charge is 0.183 e. The van der Waals surface area contributed by atoms with Crippen LogP contribution >= 0.6 is 11.6 Å². The molecule has 1 aliphatic heterocycles. The van der Waals surface area contributed by atoms with Gasteiger partial charge in [-0.15, -0.1) is 0 Å². The fraction of sp³-hybridized carbons (Fsp3) is 0.273. The number of nitrogens with one attached hydrogen (secondary N) is 2. The number of hydrogen-bond acceptors (Lipinski definition) is 6. The van der Waals surface area contributed by atoms with E-state index in [1.807, 2.05) is 23.1 Å². The Kier molecular flexibility index (Phi) is 4.29. The molecule has 1 saturated carbocycles. The number of anilines is 3. The second-order valence-corrected chi connectivity index (χ2v) is 8.74. The second kappa shape index (κ2) is 7.09. The van der Waals surface area contributed by atoms with Gasteiger partial charge in [0.1, 0.15) is 28.9 Å². The number of pyridine rings is 1. The normalized spacial score (nSPS) is 17.4. The molecule has 2 aliphatic rings. The van der Waals surface area contributed by atoms with Crippen molar-refractivity contribution in [2.75, 3.05) is 23.3 Å². The molecule has 0 bridgehead atoms. The Morgan fingerprint density at radius 2 is 2.00 bits per heavy atom. The van der Waals surface area contributed by atoms with Gasteiger partial charge in [0.05, 0.1) is 29.7 Å². The number of H-pyrrole nitrogens is 1. The molecule has 10 heteroatoms. The number of nitrogens with zero attached hydrogens (tertiary/aromatic N) is 5. The summed E-state index contributed by atoms with van der Waals surface area (Å²) in [7, 11) is 0. The van der Waals surface area contributed by atoms with Crippen LogP contribution in [0.25, 0.3) is 22.4 Å². The first kappa shape index (κ1) is 19.4. The highest BCUT2D eigenvalue weighted by Crippen LogP contribution is 2.48. The van der Waals surface area contributed by atoms with E-state index < -0.39 is 11.5 Å². The van der Waals surface area contributed by atoms with Gasteiger partial charge in [-0.1, -0.05) is 23.7 Å². The van der Waals surface area contributed by atoms with E-state index in [0.29, 0.717) is 58.0 Å². The SMILES string of the molecule is Fc1cnc2n[nH]c(Nc3cc(N4CC(F)(C5CC5)C4)nc(-c4ccccc4Cl)n3)c2c1.[HH].[HH]. The molecule has 7 nitrogen and oxygen atoms in total. The molecule has 2 N–H and O–H groups in total. The third-order valence-electron chi connectivity index (χ3n) is 6.00. The molecule has 1 saturated heterocycles. The predicted octanol–water partition coefficient (Wildman–Crippen LogP) is 5.38. The maximum absolute atomic E-state index is 15.0. The lowest BCUT2D eigenvalue weighted by molar-refractivity contribution is 0.0925. The summed E-state index contributed by atoms with van der Waals surface area (Å²) >= 11 is 6.38. The summed E-state index contributed by atoms with van der Waals surface area (Å²) in [6.07, 6.45) is 3.00. The molecule has 0 spiro atoms. The van der Waals surface area contributed by atoms with Crippen LogP contribution in [0.2, 0.25) is 5.02 Å². The van der Waals surface area contributed by atoms with E-state index in [0.717, 1.165) is 19.0 Å². The number of fused-ring (bicyclic) bond motifs is 1. The molecule has 1 aromatic carbocycles. The summed E-state index contributed by atoms with van der Waals surface area (Å²) in [4.78, 5) is 15.1. The molecule has 0 unspecified atom stereocenters. The number of alkyl halides is 1. The van der Waals surface area contributed by atoms with Crippen molar-refractivity contribution >= 4 is 40.1 Å². The average molecular weight is 458 g/mol. The molecule has 6 rings (SSSR count). The average Bonchev–Trinajstić information content (AvgIpc) is 3.55. The molecule has 3 aromatic heterocycles. The van der Waals surface area contributed by atoms with Crippen molar-refractivity contribution in [3.8, 4) is 11.4 Å². The number of aromatic amines is 1. The van der Waals surface area contributed by atoms with E-state index in [1.165, 1.54) is 6.07 Å². The summed E-state index contributed by atoms with van der Waals surface area (Å²) < 4.78 is 28.7. The fourth-order valence-electron chi connectivity index (χ4n) is 4.13. The van der Waals surface area contributed by atoms with Crippen LogP contribution < -0.4 is 10.2 Å². The molecule has 1 aliphatic carbocycles. The highest BCUT2D eigenvalue weighted by atomic mass is 35.5. The highest BCUT2D eigenvalue weighted by Gasteiger charge is 2.54. The van der Waals surface area contributed by atoms with Crippen LogP contribution in [-0.2, 0) is 0 Å². The van der Waals surface area contributed by atoms with Crippen LogP contribution in [0, 0.1) is 11.7 Å². The highest BCUT2D eigenvalue weighted by molar-refractivity contribution is 6.33. The lowest BCUT2D eigenvalue weighted by atomic mass is 9.91. The van der Waals surface area contributed by atoms with Crippen LogP contribution in [0.4, 0.5) is 26.2 Å². The van der Waals surface area contributed by atoms with Crippen molar-refractivity contribution in [1.82, 2.24) is 25.1 Å². The topological polar surface area (TPSA) is 82.6 Å². The summed E-state index contributed by atoms with van der Waals surface area (Å²) in [5.74, 6) is 1.58. The van der Waals surface area contributed by atoms with Gasteiger partial charge < -0.3 is 10.2 Å². The van der Waals surface area contributed by atoms with Crippen molar-refractivity contribution in [3.05, 3.63) is 53.4 Å². The van der Waals surface area contributed by atoms with Crippen molar-refractivity contribution in [2.45, 2.75) is 18.5 Å². The number of rotatable bonds is 5. The van der Waals surface area contributed by atoms with Gasteiger partial charge in [0.2, 0.25) is 0 Å². The summed E-state index contributed by atoms with van der Waals surface area (Å²) in [6.45, 7) is 0.608. The molecule has 4 heterocycles. The molecular weight excluding hydrogens is 436 g/mol. The van der Waals surface area contributed by atoms with Gasteiger partial charge in [0.15, 0.2) is 11.5 Å². The number of benzene rings is 1. The zero-order chi connectivity index (χ0) is 21.9. The van der Waals surface area contributed by atoms with E-state index in [4.69, 9.17) is 11.6 Å². The minimum atomic E-state index is -1.15. The van der Waals surface area contributed by atoms with Crippen LogP contribution in [0.1, 0.15) is 15.7 Å². The van der Waals surface area contributed by atoms with Gasteiger partial charge in [-0.2, -0.15) is 5.10 Å². The van der Waals surface area contributed by atoms with Gasteiger partial charge in [-0.25, -0.2) is 23.7 Å². The first-order valence-electron chi connectivity index (χ1n) is 10.3. The maximum Gasteiger partial charge on any atom is 0.183 e. The van der Waals surface area contributed by atoms with Crippen molar-refractivity contribution < 1.29 is 11.6 Å². The standard InChI is InChI=1S/C22H18ClF2N7.2H2/c23-16-4-2-1-3-14(16)20-27-17(28-21-15-7-13(24)9-26-19(15)30-31-21)8-18(29-20)32-10-22(25,11-32)12-5-6-12;;/h1-4,7-9,12H,5-6,10-11H2,(H2,26,27,28,29,30,31);2*1H. The Morgan fingerprint density at radius 1 is 1.19 bits per heavy atom.